The Morgan fingerprint density at radius 1 is 0.488 bits per heavy atom. The van der Waals surface area contributed by atoms with Gasteiger partial charge in [0.1, 0.15) is 17.2 Å². The molecule has 6 N–H and O–H groups in total. The number of aryl methyl sites for hydroxylation is 3. The van der Waals surface area contributed by atoms with E-state index in [0.717, 1.165) is 38.5 Å². The van der Waals surface area contributed by atoms with Crippen molar-refractivity contribution in [2.45, 2.75) is 106 Å². The van der Waals surface area contributed by atoms with Crippen LogP contribution < -0.4 is 14.2 Å². The molecule has 0 heterocycles. The van der Waals surface area contributed by atoms with E-state index in [2.05, 4.69) is 6.92 Å². The Bertz CT molecular complexity index is 1290. The summed E-state index contributed by atoms with van der Waals surface area (Å²) in [5.41, 5.74) is 1.93. The molecular weight excluding hydrogens is 552 g/mol. The van der Waals surface area contributed by atoms with Crippen molar-refractivity contribution in [3.63, 3.8) is 0 Å². The van der Waals surface area contributed by atoms with E-state index in [1.807, 2.05) is 0 Å². The minimum Gasteiger partial charge on any atom is -0.507 e. The van der Waals surface area contributed by atoms with Gasteiger partial charge < -0.3 is 44.8 Å². The summed E-state index contributed by atoms with van der Waals surface area (Å²) in [7, 11) is 0. The van der Waals surface area contributed by atoms with Gasteiger partial charge in [0.25, 0.3) is 0 Å². The van der Waals surface area contributed by atoms with Gasteiger partial charge in [0.2, 0.25) is 0 Å². The lowest BCUT2D eigenvalue weighted by molar-refractivity contribution is -0.259. The van der Waals surface area contributed by atoms with Crippen LogP contribution in [0.15, 0.2) is 18.2 Å². The van der Waals surface area contributed by atoms with Crippen molar-refractivity contribution in [3.8, 4) is 51.7 Å². The molecule has 0 spiro atoms. The molecule has 0 saturated heterocycles. The molecule has 0 bridgehead atoms. The smallest absolute Gasteiger partial charge is 0.417 e. The Balaban J connectivity index is 2.21. The summed E-state index contributed by atoms with van der Waals surface area (Å²) in [6, 6.07) is 4.03. The molecule has 0 fully saturated rings. The molecule has 0 saturated carbocycles. The second-order valence-electron chi connectivity index (χ2n) is 11.4. The van der Waals surface area contributed by atoms with E-state index in [1.54, 1.807) is 41.5 Å². The number of hydrogen-bond acceptors (Lipinski definition) is 9. The summed E-state index contributed by atoms with van der Waals surface area (Å²) < 4.78 is 19.1. The number of phenols is 6. The quantitative estimate of drug-likeness (QED) is 0.0614. The van der Waals surface area contributed by atoms with E-state index in [9.17, 15) is 30.6 Å². The average molecular weight is 599 g/mol. The number of unbranched alkanes of at least 4 members (excludes halogenated alkanes) is 6. The Morgan fingerprint density at radius 3 is 1.12 bits per heavy atom. The summed E-state index contributed by atoms with van der Waals surface area (Å²) >= 11 is 0. The largest absolute Gasteiger partial charge is 0.507 e. The number of ether oxygens (including phenoxy) is 3. The second-order valence-corrected chi connectivity index (χ2v) is 11.4. The van der Waals surface area contributed by atoms with E-state index in [-0.39, 0.29) is 74.9 Å². The fourth-order valence-electron chi connectivity index (χ4n) is 5.17. The van der Waals surface area contributed by atoms with Crippen molar-refractivity contribution in [3.05, 3.63) is 51.6 Å². The molecule has 0 aromatic heterocycles. The van der Waals surface area contributed by atoms with E-state index in [1.165, 1.54) is 18.2 Å². The fraction of sp³-hybridized carbons (Fsp3) is 0.471. The maximum Gasteiger partial charge on any atom is 0.417 e. The van der Waals surface area contributed by atoms with Crippen molar-refractivity contribution in [1.29, 1.82) is 0 Å². The highest BCUT2D eigenvalue weighted by atomic mass is 16.9. The van der Waals surface area contributed by atoms with Crippen molar-refractivity contribution in [1.82, 2.24) is 0 Å². The van der Waals surface area contributed by atoms with E-state index in [0.29, 0.717) is 23.1 Å². The van der Waals surface area contributed by atoms with Gasteiger partial charge in [0.15, 0.2) is 34.5 Å². The first kappa shape index (κ1) is 33.4. The number of hydrogen-bond donors (Lipinski definition) is 6. The van der Waals surface area contributed by atoms with Gasteiger partial charge in [-0.25, -0.2) is 0 Å². The van der Waals surface area contributed by atoms with Gasteiger partial charge in [0, 0.05) is 16.7 Å². The van der Waals surface area contributed by atoms with Crippen molar-refractivity contribution >= 4 is 0 Å². The van der Waals surface area contributed by atoms with Crippen molar-refractivity contribution < 1.29 is 44.8 Å². The highest BCUT2D eigenvalue weighted by Gasteiger charge is 2.43. The first-order valence-electron chi connectivity index (χ1n) is 14.9. The zero-order valence-electron chi connectivity index (χ0n) is 26.3. The topological polar surface area (TPSA) is 149 Å². The van der Waals surface area contributed by atoms with Crippen LogP contribution in [-0.2, 0) is 0 Å². The van der Waals surface area contributed by atoms with Gasteiger partial charge in [0.05, 0.1) is 6.42 Å². The molecule has 43 heavy (non-hydrogen) atoms. The molecule has 0 amide bonds. The van der Waals surface area contributed by atoms with Crippen LogP contribution in [0.25, 0.3) is 0 Å². The number of rotatable bonds is 14. The average Bonchev–Trinajstić information content (AvgIpc) is 2.96. The van der Waals surface area contributed by atoms with E-state index < -0.39 is 5.97 Å². The maximum absolute atomic E-state index is 10.9. The summed E-state index contributed by atoms with van der Waals surface area (Å²) in [4.78, 5) is 0. The van der Waals surface area contributed by atoms with Crippen LogP contribution >= 0.6 is 0 Å². The lowest BCUT2D eigenvalue weighted by atomic mass is 10.1. The third-order valence-electron chi connectivity index (χ3n) is 7.82. The highest BCUT2D eigenvalue weighted by Crippen LogP contribution is 2.47. The van der Waals surface area contributed by atoms with Crippen LogP contribution in [0.2, 0.25) is 0 Å². The predicted molar refractivity (Wildman–Crippen MR) is 165 cm³/mol. The molecule has 0 radical (unpaired) electrons. The summed E-state index contributed by atoms with van der Waals surface area (Å²) in [6.07, 6.45) is 6.72. The molecule has 9 nitrogen and oxygen atoms in total. The summed E-state index contributed by atoms with van der Waals surface area (Å²) in [5.74, 6) is -3.71. The maximum atomic E-state index is 10.9. The molecule has 236 valence electrons. The Hall–Kier alpha value is -4.14. The number of aromatic hydroxyl groups is 6. The monoisotopic (exact) mass is 598 g/mol. The molecule has 0 aliphatic rings. The van der Waals surface area contributed by atoms with Crippen LogP contribution in [0.5, 0.6) is 51.7 Å². The van der Waals surface area contributed by atoms with Gasteiger partial charge in [-0.15, -0.1) is 0 Å². The van der Waals surface area contributed by atoms with Crippen LogP contribution in [0.3, 0.4) is 0 Å². The number of phenolic OH excluding ortho intramolecular Hbond substituents is 6. The van der Waals surface area contributed by atoms with Gasteiger partial charge >= 0.3 is 5.97 Å². The molecule has 0 aliphatic heterocycles. The minimum atomic E-state index is -2.15. The molecule has 3 rings (SSSR count). The molecule has 0 aliphatic carbocycles. The van der Waals surface area contributed by atoms with Gasteiger partial charge in [-0.2, -0.15) is 0 Å². The van der Waals surface area contributed by atoms with Crippen LogP contribution in [-0.4, -0.2) is 36.6 Å². The standard InChI is InChI=1S/C34H46O9/c1-8-9-10-11-12-13-14-15-34(41-31-22(5)28(38)19(2)16-25(31)35,42-32-23(6)29(39)20(3)17-26(32)36)43-33-24(7)30(40)21(4)18-27(33)37/h16-18,35-40H,8-15H2,1-7H3. The van der Waals surface area contributed by atoms with Crippen LogP contribution in [0.1, 0.15) is 91.7 Å². The van der Waals surface area contributed by atoms with Crippen molar-refractivity contribution in [2.75, 3.05) is 0 Å². The zero-order valence-corrected chi connectivity index (χ0v) is 26.3. The lowest BCUT2D eigenvalue weighted by Gasteiger charge is -2.36. The van der Waals surface area contributed by atoms with E-state index >= 15 is 0 Å². The first-order chi connectivity index (χ1) is 20.2. The van der Waals surface area contributed by atoms with Gasteiger partial charge in [-0.1, -0.05) is 45.4 Å². The molecule has 9 heteroatoms. The molecule has 3 aromatic carbocycles. The van der Waals surface area contributed by atoms with Gasteiger partial charge in [-0.3, -0.25) is 0 Å². The number of benzene rings is 3. The minimum absolute atomic E-state index is 0.0370. The van der Waals surface area contributed by atoms with E-state index in [4.69, 9.17) is 14.2 Å². The third-order valence-corrected chi connectivity index (χ3v) is 7.82. The molecular formula is C34H46O9. The first-order valence-corrected chi connectivity index (χ1v) is 14.9. The summed E-state index contributed by atoms with van der Waals surface area (Å²) in [5, 5.41) is 64.9. The fourth-order valence-corrected chi connectivity index (χ4v) is 5.17. The third kappa shape index (κ3) is 7.45. The normalized spacial score (nSPS) is 11.5. The molecule has 0 unspecified atom stereocenters. The molecule has 3 aromatic rings. The SMILES string of the molecule is CCCCCCCCCC(Oc1c(O)cc(C)c(O)c1C)(Oc1c(O)cc(C)c(O)c1C)Oc1c(O)cc(C)c(O)c1C. The molecule has 0 atom stereocenters. The summed E-state index contributed by atoms with van der Waals surface area (Å²) in [6.45, 7) is 11.8. The zero-order chi connectivity index (χ0) is 32.1. The lowest BCUT2D eigenvalue weighted by Crippen LogP contribution is -2.49. The van der Waals surface area contributed by atoms with Gasteiger partial charge in [-0.05, 0) is 82.9 Å². The van der Waals surface area contributed by atoms with Crippen molar-refractivity contribution in [2.24, 2.45) is 0 Å². The predicted octanol–water partition coefficient (Wildman–Crippen LogP) is 8.10. The Labute approximate surface area is 253 Å². The second kappa shape index (κ2) is 13.9. The highest BCUT2D eigenvalue weighted by molar-refractivity contribution is 5.59. The van der Waals surface area contributed by atoms with Crippen LogP contribution in [0, 0.1) is 41.5 Å². The van der Waals surface area contributed by atoms with Crippen LogP contribution in [0.4, 0.5) is 0 Å². The Morgan fingerprint density at radius 2 is 0.791 bits per heavy atom. The Kier molecular flexibility index (Phi) is 10.8.